The van der Waals surface area contributed by atoms with Gasteiger partial charge in [-0.25, -0.2) is 4.98 Å². The zero-order valence-corrected chi connectivity index (χ0v) is 9.26. The Morgan fingerprint density at radius 1 is 1.43 bits per heavy atom. The highest BCUT2D eigenvalue weighted by Gasteiger charge is 2.15. The Balaban J connectivity index is 2.87. The quantitative estimate of drug-likeness (QED) is 0.772. The summed E-state index contributed by atoms with van der Waals surface area (Å²) >= 11 is 0. The fourth-order valence-electron chi connectivity index (χ4n) is 1.09. The maximum absolute atomic E-state index is 5.56. The number of nitrogens with two attached hydrogens (primary N) is 1. The van der Waals surface area contributed by atoms with Crippen LogP contribution in [-0.4, -0.2) is 15.5 Å². The van der Waals surface area contributed by atoms with E-state index in [0.717, 1.165) is 17.9 Å². The molecule has 0 saturated heterocycles. The first-order valence-electron chi connectivity index (χ1n) is 4.82. The molecule has 4 heteroatoms. The Kier molecular flexibility index (Phi) is 2.93. The minimum Gasteiger partial charge on any atom is -0.368 e. The van der Waals surface area contributed by atoms with Gasteiger partial charge >= 0.3 is 0 Å². The molecule has 1 aromatic heterocycles. The molecule has 0 radical (unpaired) electrons. The number of hydrogen-bond donors (Lipinski definition) is 2. The molecule has 0 bridgehead atoms. The van der Waals surface area contributed by atoms with Gasteiger partial charge in [0.05, 0.1) is 0 Å². The summed E-state index contributed by atoms with van der Waals surface area (Å²) in [6.07, 6.45) is 1.02. The summed E-state index contributed by atoms with van der Waals surface area (Å²) in [6.45, 7) is 8.29. The highest BCUT2D eigenvalue weighted by atomic mass is 15.1. The molecule has 1 heterocycles. The van der Waals surface area contributed by atoms with Crippen LogP contribution in [0.1, 0.15) is 32.9 Å². The van der Waals surface area contributed by atoms with Crippen molar-refractivity contribution < 1.29 is 0 Å². The number of anilines is 2. The van der Waals surface area contributed by atoms with Crippen molar-refractivity contribution in [3.63, 3.8) is 0 Å². The third kappa shape index (κ3) is 2.87. The van der Waals surface area contributed by atoms with Gasteiger partial charge in [0.1, 0.15) is 5.82 Å². The van der Waals surface area contributed by atoms with Crippen molar-refractivity contribution >= 4 is 11.8 Å². The molecule has 0 aliphatic rings. The molecule has 0 aromatic carbocycles. The van der Waals surface area contributed by atoms with Crippen molar-refractivity contribution in [3.05, 3.63) is 11.8 Å². The molecule has 0 aliphatic carbocycles. The van der Waals surface area contributed by atoms with Crippen LogP contribution in [-0.2, 0) is 0 Å². The van der Waals surface area contributed by atoms with Crippen LogP contribution >= 0.6 is 0 Å². The number of hydrogen-bond acceptors (Lipinski definition) is 4. The lowest BCUT2D eigenvalue weighted by atomic mass is 10.0. The third-order valence-electron chi connectivity index (χ3n) is 2.22. The molecule has 0 fully saturated rings. The lowest BCUT2D eigenvalue weighted by Crippen LogP contribution is -2.30. The van der Waals surface area contributed by atoms with E-state index in [0.29, 0.717) is 5.95 Å². The van der Waals surface area contributed by atoms with Crippen LogP contribution in [0, 0.1) is 6.92 Å². The normalized spacial score (nSPS) is 11.4. The summed E-state index contributed by atoms with van der Waals surface area (Å²) in [5.41, 5.74) is 6.47. The molecule has 0 aliphatic heterocycles. The Morgan fingerprint density at radius 3 is 2.57 bits per heavy atom. The summed E-state index contributed by atoms with van der Waals surface area (Å²) in [7, 11) is 0. The van der Waals surface area contributed by atoms with Gasteiger partial charge in [0, 0.05) is 17.3 Å². The molecule has 4 nitrogen and oxygen atoms in total. The van der Waals surface area contributed by atoms with Crippen LogP contribution in [0.15, 0.2) is 6.07 Å². The number of nitrogens with one attached hydrogen (secondary N) is 1. The molecule has 1 rings (SSSR count). The molecule has 0 amide bonds. The van der Waals surface area contributed by atoms with Gasteiger partial charge in [-0.2, -0.15) is 4.98 Å². The Hall–Kier alpha value is -1.32. The van der Waals surface area contributed by atoms with Crippen LogP contribution < -0.4 is 11.1 Å². The van der Waals surface area contributed by atoms with Crippen molar-refractivity contribution in [1.29, 1.82) is 0 Å². The fraction of sp³-hybridized carbons (Fsp3) is 0.600. The fourth-order valence-corrected chi connectivity index (χ4v) is 1.09. The van der Waals surface area contributed by atoms with Crippen LogP contribution in [0.4, 0.5) is 11.8 Å². The monoisotopic (exact) mass is 194 g/mol. The summed E-state index contributed by atoms with van der Waals surface area (Å²) < 4.78 is 0. The van der Waals surface area contributed by atoms with Crippen LogP contribution in [0.5, 0.6) is 0 Å². The smallest absolute Gasteiger partial charge is 0.222 e. The first-order valence-corrected chi connectivity index (χ1v) is 4.82. The lowest BCUT2D eigenvalue weighted by molar-refractivity contribution is 0.545. The predicted octanol–water partition coefficient (Wildman–Crippen LogP) is 1.97. The molecule has 0 spiro atoms. The largest absolute Gasteiger partial charge is 0.368 e. The van der Waals surface area contributed by atoms with Gasteiger partial charge < -0.3 is 11.1 Å². The molecule has 0 saturated carbocycles. The standard InChI is InChI=1S/C10H18N4/c1-5-10(3,4)14-8-6-7(2)12-9(11)13-8/h6H,5H2,1-4H3,(H3,11,12,13,14). The van der Waals surface area contributed by atoms with E-state index in [1.54, 1.807) is 0 Å². The van der Waals surface area contributed by atoms with E-state index in [9.17, 15) is 0 Å². The molecule has 1 aromatic rings. The molecular weight excluding hydrogens is 176 g/mol. The van der Waals surface area contributed by atoms with E-state index in [1.807, 2.05) is 13.0 Å². The van der Waals surface area contributed by atoms with E-state index < -0.39 is 0 Å². The van der Waals surface area contributed by atoms with Gasteiger partial charge in [0.25, 0.3) is 0 Å². The zero-order valence-electron chi connectivity index (χ0n) is 9.26. The van der Waals surface area contributed by atoms with Gasteiger partial charge in [-0.15, -0.1) is 0 Å². The number of rotatable bonds is 3. The maximum atomic E-state index is 5.56. The SMILES string of the molecule is CCC(C)(C)Nc1cc(C)nc(N)n1. The van der Waals surface area contributed by atoms with Crippen LogP contribution in [0.25, 0.3) is 0 Å². The van der Waals surface area contributed by atoms with Gasteiger partial charge in [0.2, 0.25) is 5.95 Å². The van der Waals surface area contributed by atoms with E-state index in [4.69, 9.17) is 5.73 Å². The van der Waals surface area contributed by atoms with Gasteiger partial charge in [-0.3, -0.25) is 0 Å². The van der Waals surface area contributed by atoms with Gasteiger partial charge in [-0.05, 0) is 27.2 Å². The topological polar surface area (TPSA) is 63.8 Å². The van der Waals surface area contributed by atoms with Crippen molar-refractivity contribution in [3.8, 4) is 0 Å². The molecule has 0 atom stereocenters. The maximum Gasteiger partial charge on any atom is 0.222 e. The van der Waals surface area contributed by atoms with Gasteiger partial charge in [-0.1, -0.05) is 6.92 Å². The Morgan fingerprint density at radius 2 is 2.07 bits per heavy atom. The van der Waals surface area contributed by atoms with E-state index in [2.05, 4.69) is 36.1 Å². The number of nitrogens with zero attached hydrogens (tertiary/aromatic N) is 2. The van der Waals surface area contributed by atoms with E-state index in [-0.39, 0.29) is 5.54 Å². The third-order valence-corrected chi connectivity index (χ3v) is 2.22. The van der Waals surface area contributed by atoms with Crippen molar-refractivity contribution in [2.75, 3.05) is 11.1 Å². The minimum absolute atomic E-state index is 0.0350. The number of nitrogen functional groups attached to an aromatic ring is 1. The second kappa shape index (κ2) is 3.82. The molecule has 14 heavy (non-hydrogen) atoms. The van der Waals surface area contributed by atoms with Crippen LogP contribution in [0.3, 0.4) is 0 Å². The highest BCUT2D eigenvalue weighted by Crippen LogP contribution is 2.16. The number of aryl methyl sites for hydroxylation is 1. The summed E-state index contributed by atoms with van der Waals surface area (Å²) in [5, 5.41) is 3.32. The van der Waals surface area contributed by atoms with Crippen LogP contribution in [0.2, 0.25) is 0 Å². The molecule has 3 N–H and O–H groups in total. The summed E-state index contributed by atoms with van der Waals surface area (Å²) in [6, 6.07) is 1.90. The summed E-state index contributed by atoms with van der Waals surface area (Å²) in [4.78, 5) is 8.14. The summed E-state index contributed by atoms with van der Waals surface area (Å²) in [5.74, 6) is 1.11. The average molecular weight is 194 g/mol. The number of aromatic nitrogens is 2. The zero-order chi connectivity index (χ0) is 10.8. The first kappa shape index (κ1) is 10.8. The minimum atomic E-state index is 0.0350. The van der Waals surface area contributed by atoms with Gasteiger partial charge in [0.15, 0.2) is 0 Å². The average Bonchev–Trinajstić information content (AvgIpc) is 2.01. The van der Waals surface area contributed by atoms with Crippen molar-refractivity contribution in [2.24, 2.45) is 0 Å². The molecule has 78 valence electrons. The predicted molar refractivity (Wildman–Crippen MR) is 59.2 cm³/mol. The lowest BCUT2D eigenvalue weighted by Gasteiger charge is -2.25. The van der Waals surface area contributed by atoms with Crippen molar-refractivity contribution in [1.82, 2.24) is 9.97 Å². The Bertz CT molecular complexity index is 300. The van der Waals surface area contributed by atoms with Crippen molar-refractivity contribution in [2.45, 2.75) is 39.7 Å². The highest BCUT2D eigenvalue weighted by molar-refractivity contribution is 5.42. The Labute approximate surface area is 85.0 Å². The van der Waals surface area contributed by atoms with E-state index >= 15 is 0 Å². The first-order chi connectivity index (χ1) is 6.43. The second-order valence-corrected chi connectivity index (χ2v) is 4.12. The molecule has 0 unspecified atom stereocenters. The van der Waals surface area contributed by atoms with E-state index in [1.165, 1.54) is 0 Å². The second-order valence-electron chi connectivity index (χ2n) is 4.12. The molecular formula is C10H18N4.